The number of nitrogens with two attached hydrogens (primary N) is 1. The molecule has 0 fully saturated rings. The Labute approximate surface area is 90.6 Å². The highest BCUT2D eigenvalue weighted by atomic mass is 19.4. The second-order valence-corrected chi connectivity index (χ2v) is 3.33. The Morgan fingerprint density at radius 3 is 2.50 bits per heavy atom. The Morgan fingerprint density at radius 2 is 2.06 bits per heavy atom. The molecule has 6 heteroatoms. The zero-order valence-corrected chi connectivity index (χ0v) is 8.58. The number of aliphatic hydroxyl groups is 1. The SMILES string of the molecule is C[C@H](Oc1ccc(CO)cc1N)C(F)(F)F. The van der Waals surface area contributed by atoms with E-state index in [0.717, 1.165) is 6.92 Å². The molecule has 0 heterocycles. The summed E-state index contributed by atoms with van der Waals surface area (Å²) >= 11 is 0. The molecule has 90 valence electrons. The second kappa shape index (κ2) is 4.61. The summed E-state index contributed by atoms with van der Waals surface area (Å²) in [5, 5.41) is 8.79. The van der Waals surface area contributed by atoms with Crippen LogP contribution in [0.3, 0.4) is 0 Å². The molecule has 0 saturated carbocycles. The van der Waals surface area contributed by atoms with Gasteiger partial charge in [0.05, 0.1) is 12.3 Å². The fourth-order valence-corrected chi connectivity index (χ4v) is 1.06. The van der Waals surface area contributed by atoms with Gasteiger partial charge in [-0.25, -0.2) is 0 Å². The van der Waals surface area contributed by atoms with Crippen molar-refractivity contribution in [3.05, 3.63) is 23.8 Å². The van der Waals surface area contributed by atoms with Crippen LogP contribution in [0, 0.1) is 0 Å². The van der Waals surface area contributed by atoms with Gasteiger partial charge in [-0.2, -0.15) is 13.2 Å². The predicted molar refractivity (Wildman–Crippen MR) is 52.9 cm³/mol. The van der Waals surface area contributed by atoms with Gasteiger partial charge in [0.1, 0.15) is 5.75 Å². The number of alkyl halides is 3. The minimum atomic E-state index is -4.43. The molecule has 16 heavy (non-hydrogen) atoms. The molecule has 0 aliphatic carbocycles. The average molecular weight is 235 g/mol. The van der Waals surface area contributed by atoms with E-state index in [1.165, 1.54) is 18.2 Å². The summed E-state index contributed by atoms with van der Waals surface area (Å²) < 4.78 is 41.3. The number of benzene rings is 1. The van der Waals surface area contributed by atoms with E-state index in [9.17, 15) is 13.2 Å². The normalized spacial score (nSPS) is 13.6. The van der Waals surface area contributed by atoms with Crippen LogP contribution in [-0.2, 0) is 6.61 Å². The van der Waals surface area contributed by atoms with Crippen LogP contribution in [0.4, 0.5) is 18.9 Å². The van der Waals surface area contributed by atoms with Crippen LogP contribution in [0.15, 0.2) is 18.2 Å². The number of anilines is 1. The monoisotopic (exact) mass is 235 g/mol. The van der Waals surface area contributed by atoms with Crippen molar-refractivity contribution in [1.29, 1.82) is 0 Å². The maximum Gasteiger partial charge on any atom is 0.425 e. The van der Waals surface area contributed by atoms with E-state index in [1.54, 1.807) is 0 Å². The molecule has 1 aromatic carbocycles. The van der Waals surface area contributed by atoms with Gasteiger partial charge in [-0.05, 0) is 24.6 Å². The van der Waals surface area contributed by atoms with Crippen LogP contribution < -0.4 is 10.5 Å². The lowest BCUT2D eigenvalue weighted by molar-refractivity contribution is -0.189. The predicted octanol–water partition coefficient (Wildman–Crippen LogP) is 2.09. The molecule has 0 aliphatic rings. The van der Waals surface area contributed by atoms with Crippen molar-refractivity contribution in [3.63, 3.8) is 0 Å². The maximum absolute atomic E-state index is 12.2. The summed E-state index contributed by atoms with van der Waals surface area (Å²) in [6.45, 7) is 0.679. The van der Waals surface area contributed by atoms with Crippen molar-refractivity contribution < 1.29 is 23.0 Å². The molecule has 0 aromatic heterocycles. The molecular weight excluding hydrogens is 223 g/mol. The zero-order valence-electron chi connectivity index (χ0n) is 8.58. The lowest BCUT2D eigenvalue weighted by atomic mass is 10.2. The summed E-state index contributed by atoms with van der Waals surface area (Å²) in [6.07, 6.45) is -6.35. The van der Waals surface area contributed by atoms with Gasteiger partial charge in [-0.1, -0.05) is 6.07 Å². The summed E-state index contributed by atoms with van der Waals surface area (Å²) in [5.41, 5.74) is 6.08. The summed E-state index contributed by atoms with van der Waals surface area (Å²) in [5.74, 6) is -0.0398. The summed E-state index contributed by atoms with van der Waals surface area (Å²) in [6, 6.07) is 4.14. The van der Waals surface area contributed by atoms with Gasteiger partial charge in [0.15, 0.2) is 6.10 Å². The second-order valence-electron chi connectivity index (χ2n) is 3.33. The number of nitrogen functional groups attached to an aromatic ring is 1. The minimum absolute atomic E-state index is 0.0398. The fourth-order valence-electron chi connectivity index (χ4n) is 1.06. The lowest BCUT2D eigenvalue weighted by Gasteiger charge is -2.18. The Kier molecular flexibility index (Phi) is 3.64. The van der Waals surface area contributed by atoms with Crippen LogP contribution >= 0.6 is 0 Å². The highest BCUT2D eigenvalue weighted by Crippen LogP contribution is 2.29. The number of hydrogen-bond acceptors (Lipinski definition) is 3. The zero-order chi connectivity index (χ0) is 12.3. The van der Waals surface area contributed by atoms with Gasteiger partial charge >= 0.3 is 6.18 Å². The Bertz CT molecular complexity index is 366. The largest absolute Gasteiger partial charge is 0.479 e. The van der Waals surface area contributed by atoms with Crippen LogP contribution in [0.1, 0.15) is 12.5 Å². The van der Waals surface area contributed by atoms with E-state index < -0.39 is 12.3 Å². The standard InChI is InChI=1S/C10H12F3NO2/c1-6(10(11,12)13)16-9-3-2-7(5-15)4-8(9)14/h2-4,6,15H,5,14H2,1H3/t6-/m0/s1. The fraction of sp³-hybridized carbons (Fsp3) is 0.400. The third-order valence-electron chi connectivity index (χ3n) is 2.02. The molecule has 1 aromatic rings. The van der Waals surface area contributed by atoms with Crippen molar-refractivity contribution in [2.75, 3.05) is 5.73 Å². The first kappa shape index (κ1) is 12.6. The highest BCUT2D eigenvalue weighted by molar-refractivity contribution is 5.54. The van der Waals surface area contributed by atoms with Gasteiger partial charge in [-0.15, -0.1) is 0 Å². The number of ether oxygens (including phenoxy) is 1. The molecule has 0 saturated heterocycles. The van der Waals surface area contributed by atoms with E-state index in [-0.39, 0.29) is 18.0 Å². The summed E-state index contributed by atoms with van der Waals surface area (Å²) in [4.78, 5) is 0. The van der Waals surface area contributed by atoms with Gasteiger partial charge in [0, 0.05) is 0 Å². The van der Waals surface area contributed by atoms with Gasteiger partial charge in [-0.3, -0.25) is 0 Å². The minimum Gasteiger partial charge on any atom is -0.479 e. The molecule has 0 aliphatic heterocycles. The number of hydrogen-bond donors (Lipinski definition) is 2. The first-order chi connectivity index (χ1) is 7.34. The van der Waals surface area contributed by atoms with Crippen molar-refractivity contribution >= 4 is 5.69 Å². The van der Waals surface area contributed by atoms with Crippen molar-refractivity contribution in [3.8, 4) is 5.75 Å². The molecule has 3 nitrogen and oxygen atoms in total. The quantitative estimate of drug-likeness (QED) is 0.789. The van der Waals surface area contributed by atoms with E-state index in [2.05, 4.69) is 4.74 Å². The highest BCUT2D eigenvalue weighted by Gasteiger charge is 2.38. The number of halogens is 3. The Hall–Kier alpha value is -1.43. The van der Waals surface area contributed by atoms with E-state index in [0.29, 0.717) is 5.56 Å². The Balaban J connectivity index is 2.82. The molecule has 0 unspecified atom stereocenters. The Morgan fingerprint density at radius 1 is 1.44 bits per heavy atom. The van der Waals surface area contributed by atoms with Crippen molar-refractivity contribution in [1.82, 2.24) is 0 Å². The molecule has 0 amide bonds. The smallest absolute Gasteiger partial charge is 0.425 e. The van der Waals surface area contributed by atoms with Gasteiger partial charge in [0.2, 0.25) is 0 Å². The first-order valence-electron chi connectivity index (χ1n) is 4.57. The summed E-state index contributed by atoms with van der Waals surface area (Å²) in [7, 11) is 0. The molecule has 1 rings (SSSR count). The van der Waals surface area contributed by atoms with E-state index >= 15 is 0 Å². The molecule has 0 bridgehead atoms. The molecular formula is C10H12F3NO2. The van der Waals surface area contributed by atoms with Crippen LogP contribution in [0.25, 0.3) is 0 Å². The van der Waals surface area contributed by atoms with Crippen molar-refractivity contribution in [2.45, 2.75) is 25.8 Å². The number of aliphatic hydroxyl groups excluding tert-OH is 1. The van der Waals surface area contributed by atoms with Crippen LogP contribution in [0.2, 0.25) is 0 Å². The number of rotatable bonds is 3. The first-order valence-corrected chi connectivity index (χ1v) is 4.57. The van der Waals surface area contributed by atoms with Crippen LogP contribution in [-0.4, -0.2) is 17.4 Å². The topological polar surface area (TPSA) is 55.5 Å². The van der Waals surface area contributed by atoms with E-state index in [4.69, 9.17) is 10.8 Å². The van der Waals surface area contributed by atoms with Gasteiger partial charge < -0.3 is 15.6 Å². The molecule has 0 radical (unpaired) electrons. The van der Waals surface area contributed by atoms with Crippen molar-refractivity contribution in [2.24, 2.45) is 0 Å². The van der Waals surface area contributed by atoms with Crippen LogP contribution in [0.5, 0.6) is 5.75 Å². The van der Waals surface area contributed by atoms with Gasteiger partial charge in [0.25, 0.3) is 0 Å². The maximum atomic E-state index is 12.2. The average Bonchev–Trinajstić information content (AvgIpc) is 2.19. The third-order valence-corrected chi connectivity index (χ3v) is 2.02. The molecule has 0 spiro atoms. The molecule has 3 N–H and O–H groups in total. The third kappa shape index (κ3) is 3.03. The molecule has 1 atom stereocenters. The lowest BCUT2D eigenvalue weighted by Crippen LogP contribution is -2.31. The van der Waals surface area contributed by atoms with E-state index in [1.807, 2.05) is 0 Å².